The minimum Gasteiger partial charge on any atom is -0.508 e. The number of aromatic hydroxyl groups is 1. The van der Waals surface area contributed by atoms with E-state index in [9.17, 15) is 9.90 Å². The van der Waals surface area contributed by atoms with Crippen LogP contribution in [0.5, 0.6) is 5.75 Å². The van der Waals surface area contributed by atoms with Gasteiger partial charge in [0.15, 0.2) is 5.54 Å². The molecule has 2 aliphatic heterocycles. The fourth-order valence-corrected chi connectivity index (χ4v) is 5.09. The summed E-state index contributed by atoms with van der Waals surface area (Å²) in [5, 5.41) is 11.3. The molecule has 2 heterocycles. The van der Waals surface area contributed by atoms with Gasteiger partial charge in [0.05, 0.1) is 11.1 Å². The minimum absolute atomic E-state index is 0.116. The number of hydrogen-bond donors (Lipinski definition) is 2. The molecule has 3 N–H and O–H groups in total. The number of para-hydroxylation sites is 1. The summed E-state index contributed by atoms with van der Waals surface area (Å²) in [5.74, 6) is -0.492. The molecule has 0 unspecified atom stereocenters. The molecule has 0 bridgehead atoms. The number of nitrogens with two attached hydrogens (primary N) is 1. The number of carbonyl (C=O) groups excluding carboxylic acids is 1. The summed E-state index contributed by atoms with van der Waals surface area (Å²) in [6, 6.07) is 12.4. The van der Waals surface area contributed by atoms with Crippen molar-refractivity contribution in [3.8, 4) is 5.75 Å². The molecule has 26 heavy (non-hydrogen) atoms. The molecule has 7 heteroatoms. The SMILES string of the molecule is CSC1=N[C@@]2(C(=O)N(C)c3ccccc32)[C@H](c2cc(Br)ccc2O)[C@H]1N. The second kappa shape index (κ2) is 6.11. The highest BCUT2D eigenvalue weighted by Crippen LogP contribution is 2.56. The monoisotopic (exact) mass is 431 g/mol. The number of aliphatic imine (C=N–C) groups is 1. The number of phenolic OH excluding ortho intramolecular Hbond substituents is 1. The van der Waals surface area contributed by atoms with Gasteiger partial charge in [-0.05, 0) is 30.5 Å². The number of thioether (sulfide) groups is 1. The number of fused-ring (bicyclic) bond motifs is 2. The Labute approximate surface area is 164 Å². The predicted molar refractivity (Wildman–Crippen MR) is 109 cm³/mol. The van der Waals surface area contributed by atoms with E-state index in [4.69, 9.17) is 10.7 Å². The molecule has 0 saturated carbocycles. The van der Waals surface area contributed by atoms with Crippen molar-refractivity contribution in [2.45, 2.75) is 17.5 Å². The number of amides is 1. The molecular formula is C19H18BrN3O2S. The third-order valence-corrected chi connectivity index (χ3v) is 6.50. The van der Waals surface area contributed by atoms with Gasteiger partial charge in [-0.15, -0.1) is 11.8 Å². The number of carbonyl (C=O) groups is 1. The van der Waals surface area contributed by atoms with Crippen molar-refractivity contribution in [3.05, 3.63) is 58.1 Å². The first-order valence-electron chi connectivity index (χ1n) is 8.17. The van der Waals surface area contributed by atoms with E-state index in [0.717, 1.165) is 15.7 Å². The first-order valence-corrected chi connectivity index (χ1v) is 10.2. The van der Waals surface area contributed by atoms with Crippen molar-refractivity contribution in [2.75, 3.05) is 18.2 Å². The van der Waals surface area contributed by atoms with Crippen molar-refractivity contribution < 1.29 is 9.90 Å². The molecule has 4 rings (SSSR count). The summed E-state index contributed by atoms with van der Waals surface area (Å²) < 4.78 is 0.817. The van der Waals surface area contributed by atoms with E-state index in [-0.39, 0.29) is 11.7 Å². The zero-order valence-corrected chi connectivity index (χ0v) is 16.7. The Morgan fingerprint density at radius 2 is 2.04 bits per heavy atom. The van der Waals surface area contributed by atoms with E-state index in [1.54, 1.807) is 24.1 Å². The number of anilines is 1. The van der Waals surface area contributed by atoms with Crippen LogP contribution < -0.4 is 10.6 Å². The second-order valence-corrected chi connectivity index (χ2v) is 8.25. The highest BCUT2D eigenvalue weighted by Gasteiger charge is 2.61. The van der Waals surface area contributed by atoms with Gasteiger partial charge in [-0.25, -0.2) is 0 Å². The molecule has 1 amide bonds. The summed E-state index contributed by atoms with van der Waals surface area (Å²) in [6.07, 6.45) is 1.91. The summed E-state index contributed by atoms with van der Waals surface area (Å²) >= 11 is 4.91. The van der Waals surface area contributed by atoms with Crippen LogP contribution in [0.25, 0.3) is 0 Å². The molecule has 1 spiro atoms. The molecule has 2 aliphatic rings. The normalized spacial score (nSPS) is 27.2. The molecule has 0 aromatic heterocycles. The van der Waals surface area contributed by atoms with Gasteiger partial charge in [-0.1, -0.05) is 34.1 Å². The summed E-state index contributed by atoms with van der Waals surface area (Å²) in [5.41, 5.74) is 7.69. The zero-order chi connectivity index (χ0) is 18.6. The van der Waals surface area contributed by atoms with Crippen LogP contribution in [0.3, 0.4) is 0 Å². The number of halogens is 1. The Kier molecular flexibility index (Phi) is 4.13. The Balaban J connectivity index is 2.03. The van der Waals surface area contributed by atoms with Crippen LogP contribution in [0.1, 0.15) is 17.0 Å². The number of phenols is 1. The van der Waals surface area contributed by atoms with E-state index in [0.29, 0.717) is 10.6 Å². The Morgan fingerprint density at radius 1 is 1.31 bits per heavy atom. The largest absolute Gasteiger partial charge is 0.508 e. The predicted octanol–water partition coefficient (Wildman–Crippen LogP) is 3.21. The topological polar surface area (TPSA) is 78.9 Å². The van der Waals surface area contributed by atoms with Crippen LogP contribution in [-0.4, -0.2) is 35.4 Å². The molecule has 0 saturated heterocycles. The van der Waals surface area contributed by atoms with Gasteiger partial charge in [0.2, 0.25) is 0 Å². The molecule has 0 aliphatic carbocycles. The lowest BCUT2D eigenvalue weighted by Crippen LogP contribution is -2.45. The van der Waals surface area contributed by atoms with Crippen molar-refractivity contribution in [1.29, 1.82) is 0 Å². The lowest BCUT2D eigenvalue weighted by Gasteiger charge is -2.31. The molecule has 2 aromatic rings. The average Bonchev–Trinajstić information content (AvgIpc) is 3.05. The zero-order valence-electron chi connectivity index (χ0n) is 14.3. The molecule has 134 valence electrons. The standard InChI is InChI=1S/C19H18BrN3O2S/c1-23-13-6-4-3-5-12(13)19(18(23)25)15(16(21)17(22-19)26-2)11-9-10(20)7-8-14(11)24/h3-9,15-16,24H,21H2,1-2H3/t15-,16-,19-/m1/s1. The van der Waals surface area contributed by atoms with Crippen LogP contribution in [-0.2, 0) is 10.3 Å². The second-order valence-electron chi connectivity index (χ2n) is 6.51. The Morgan fingerprint density at radius 3 is 2.77 bits per heavy atom. The Hall–Kier alpha value is -1.83. The number of rotatable bonds is 1. The van der Waals surface area contributed by atoms with Crippen LogP contribution >= 0.6 is 27.7 Å². The van der Waals surface area contributed by atoms with Gasteiger partial charge in [0.25, 0.3) is 5.91 Å². The van der Waals surface area contributed by atoms with Gasteiger partial charge in [0.1, 0.15) is 5.75 Å². The van der Waals surface area contributed by atoms with Crippen LogP contribution in [0, 0.1) is 0 Å². The first-order chi connectivity index (χ1) is 12.4. The smallest absolute Gasteiger partial charge is 0.260 e. The van der Waals surface area contributed by atoms with Crippen LogP contribution in [0.4, 0.5) is 5.69 Å². The van der Waals surface area contributed by atoms with E-state index in [1.165, 1.54) is 11.8 Å². The molecule has 0 radical (unpaired) electrons. The summed E-state index contributed by atoms with van der Waals surface area (Å²) in [6.45, 7) is 0. The minimum atomic E-state index is -1.15. The fourth-order valence-electron chi connectivity index (χ4n) is 4.07. The van der Waals surface area contributed by atoms with E-state index in [1.807, 2.05) is 36.6 Å². The quantitative estimate of drug-likeness (QED) is 0.726. The van der Waals surface area contributed by atoms with Crippen molar-refractivity contribution in [1.82, 2.24) is 0 Å². The van der Waals surface area contributed by atoms with Gasteiger partial charge >= 0.3 is 0 Å². The molecular weight excluding hydrogens is 414 g/mol. The van der Waals surface area contributed by atoms with E-state index in [2.05, 4.69) is 15.9 Å². The van der Waals surface area contributed by atoms with E-state index < -0.39 is 17.5 Å². The maximum absolute atomic E-state index is 13.4. The third kappa shape index (κ3) is 2.20. The number of nitrogens with zero attached hydrogens (tertiary/aromatic N) is 2. The first kappa shape index (κ1) is 17.6. The number of hydrogen-bond acceptors (Lipinski definition) is 5. The van der Waals surface area contributed by atoms with Crippen molar-refractivity contribution >= 4 is 44.3 Å². The van der Waals surface area contributed by atoms with Gasteiger partial charge < -0.3 is 15.7 Å². The number of benzene rings is 2. The fraction of sp³-hybridized carbons (Fsp3) is 0.263. The average molecular weight is 432 g/mol. The lowest BCUT2D eigenvalue weighted by molar-refractivity contribution is -0.123. The summed E-state index contributed by atoms with van der Waals surface area (Å²) in [4.78, 5) is 19.9. The van der Waals surface area contributed by atoms with Gasteiger partial charge in [0, 0.05) is 34.3 Å². The van der Waals surface area contributed by atoms with E-state index >= 15 is 0 Å². The maximum Gasteiger partial charge on any atom is 0.260 e. The number of likely N-dealkylation sites (N-methyl/N-ethyl adjacent to an activating group) is 1. The highest BCUT2D eigenvalue weighted by molar-refractivity contribution is 9.10. The summed E-state index contributed by atoms with van der Waals surface area (Å²) in [7, 11) is 1.76. The highest BCUT2D eigenvalue weighted by atomic mass is 79.9. The lowest BCUT2D eigenvalue weighted by atomic mass is 9.74. The maximum atomic E-state index is 13.4. The van der Waals surface area contributed by atoms with Crippen LogP contribution in [0.2, 0.25) is 0 Å². The molecule has 3 atom stereocenters. The van der Waals surface area contributed by atoms with Gasteiger partial charge in [-0.2, -0.15) is 0 Å². The molecule has 2 aromatic carbocycles. The Bertz CT molecular complexity index is 948. The molecule has 0 fully saturated rings. The third-order valence-electron chi connectivity index (χ3n) is 5.22. The van der Waals surface area contributed by atoms with Gasteiger partial charge in [-0.3, -0.25) is 9.79 Å². The van der Waals surface area contributed by atoms with Crippen molar-refractivity contribution in [3.63, 3.8) is 0 Å². The molecule has 5 nitrogen and oxygen atoms in total. The van der Waals surface area contributed by atoms with Crippen molar-refractivity contribution in [2.24, 2.45) is 10.7 Å². The van der Waals surface area contributed by atoms with Crippen LogP contribution in [0.15, 0.2) is 51.9 Å².